The Morgan fingerprint density at radius 1 is 1.42 bits per heavy atom. The maximum atomic E-state index is 4.68. The molecule has 19 heavy (non-hydrogen) atoms. The average Bonchev–Trinajstić information content (AvgIpc) is 2.86. The van der Waals surface area contributed by atoms with Crippen LogP contribution in [-0.4, -0.2) is 44.9 Å². The minimum Gasteiger partial charge on any atom is -0.315 e. The topological polar surface area (TPSA) is 29.9 Å². The monoisotopic (exact) mass is 299 g/mol. The lowest BCUT2D eigenvalue weighted by atomic mass is 10.1. The molecule has 1 aliphatic heterocycles. The third kappa shape index (κ3) is 3.92. The standard InChI is InChI=1S/C14H25N3S2/c1-10(2)17-6-5-12(16-17)9-13(15-4)14-11(3)18-7-8-19-14/h5-6,10-11,13-15H,7-9H2,1-4H3. The number of nitrogens with zero attached hydrogens (tertiary/aromatic N) is 2. The van der Waals surface area contributed by atoms with Gasteiger partial charge in [0, 0.05) is 46.7 Å². The van der Waals surface area contributed by atoms with Gasteiger partial charge < -0.3 is 5.32 Å². The third-order valence-electron chi connectivity index (χ3n) is 3.63. The van der Waals surface area contributed by atoms with Crippen molar-refractivity contribution in [2.24, 2.45) is 0 Å². The van der Waals surface area contributed by atoms with Gasteiger partial charge in [0.05, 0.1) is 5.69 Å². The summed E-state index contributed by atoms with van der Waals surface area (Å²) in [5.74, 6) is 2.57. The highest BCUT2D eigenvalue weighted by Crippen LogP contribution is 2.33. The lowest BCUT2D eigenvalue weighted by Crippen LogP contribution is -2.44. The van der Waals surface area contributed by atoms with Gasteiger partial charge in [-0.05, 0) is 27.0 Å². The van der Waals surface area contributed by atoms with Gasteiger partial charge in [-0.2, -0.15) is 28.6 Å². The van der Waals surface area contributed by atoms with E-state index in [1.54, 1.807) is 0 Å². The molecule has 108 valence electrons. The van der Waals surface area contributed by atoms with Crippen LogP contribution in [0.2, 0.25) is 0 Å². The Labute approximate surface area is 125 Å². The van der Waals surface area contributed by atoms with E-state index in [-0.39, 0.29) is 0 Å². The summed E-state index contributed by atoms with van der Waals surface area (Å²) in [6, 6.07) is 3.12. The number of nitrogens with one attached hydrogen (secondary N) is 1. The molecule has 1 saturated heterocycles. The molecule has 1 aromatic rings. The van der Waals surface area contributed by atoms with Crippen molar-refractivity contribution >= 4 is 23.5 Å². The Morgan fingerprint density at radius 3 is 2.74 bits per heavy atom. The quantitative estimate of drug-likeness (QED) is 0.905. The van der Waals surface area contributed by atoms with Crippen LogP contribution in [0.15, 0.2) is 12.3 Å². The second-order valence-corrected chi connectivity index (χ2v) is 8.16. The molecular formula is C14H25N3S2. The summed E-state index contributed by atoms with van der Waals surface area (Å²) in [7, 11) is 2.08. The summed E-state index contributed by atoms with van der Waals surface area (Å²) >= 11 is 4.22. The zero-order valence-corrected chi connectivity index (χ0v) is 13.9. The first-order chi connectivity index (χ1) is 9.11. The van der Waals surface area contributed by atoms with Crippen LogP contribution in [0.25, 0.3) is 0 Å². The minimum absolute atomic E-state index is 0.445. The van der Waals surface area contributed by atoms with E-state index in [4.69, 9.17) is 0 Å². The van der Waals surface area contributed by atoms with E-state index in [0.29, 0.717) is 17.3 Å². The Hall–Kier alpha value is -0.130. The smallest absolute Gasteiger partial charge is 0.0640 e. The fourth-order valence-electron chi connectivity index (χ4n) is 2.47. The molecule has 1 N–H and O–H groups in total. The van der Waals surface area contributed by atoms with Gasteiger partial charge in [-0.15, -0.1) is 0 Å². The largest absolute Gasteiger partial charge is 0.315 e. The summed E-state index contributed by atoms with van der Waals surface area (Å²) in [6.07, 6.45) is 3.12. The van der Waals surface area contributed by atoms with Crippen LogP contribution in [0, 0.1) is 0 Å². The van der Waals surface area contributed by atoms with E-state index in [2.05, 4.69) is 74.0 Å². The molecule has 0 radical (unpaired) electrons. The van der Waals surface area contributed by atoms with Crippen LogP contribution >= 0.6 is 23.5 Å². The van der Waals surface area contributed by atoms with Gasteiger partial charge in [0.2, 0.25) is 0 Å². The Kier molecular flexibility index (Phi) is 5.66. The van der Waals surface area contributed by atoms with E-state index in [9.17, 15) is 0 Å². The number of thioether (sulfide) groups is 2. The minimum atomic E-state index is 0.445. The van der Waals surface area contributed by atoms with E-state index in [1.807, 2.05) is 4.68 Å². The Morgan fingerprint density at radius 2 is 2.16 bits per heavy atom. The van der Waals surface area contributed by atoms with Crippen molar-refractivity contribution in [1.82, 2.24) is 15.1 Å². The second kappa shape index (κ2) is 7.04. The van der Waals surface area contributed by atoms with Crippen molar-refractivity contribution in [2.75, 3.05) is 18.6 Å². The third-order valence-corrected chi connectivity index (χ3v) is 6.88. The van der Waals surface area contributed by atoms with Gasteiger partial charge in [0.15, 0.2) is 0 Å². The molecule has 1 aromatic heterocycles. The SMILES string of the molecule is CNC(Cc1ccn(C(C)C)n1)C1SCCSC1C. The molecule has 0 aromatic carbocycles. The highest BCUT2D eigenvalue weighted by atomic mass is 32.2. The van der Waals surface area contributed by atoms with Crippen molar-refractivity contribution in [3.8, 4) is 0 Å². The summed E-state index contributed by atoms with van der Waals surface area (Å²) in [4.78, 5) is 0. The maximum Gasteiger partial charge on any atom is 0.0640 e. The molecule has 0 amide bonds. The molecule has 0 spiro atoms. The Bertz CT molecular complexity index is 392. The maximum absolute atomic E-state index is 4.68. The number of hydrogen-bond donors (Lipinski definition) is 1. The lowest BCUT2D eigenvalue weighted by molar-refractivity contribution is 0.499. The first kappa shape index (κ1) is 15.3. The molecule has 2 rings (SSSR count). The van der Waals surface area contributed by atoms with Crippen molar-refractivity contribution < 1.29 is 0 Å². The summed E-state index contributed by atoms with van der Waals surface area (Å²) < 4.78 is 2.05. The summed E-state index contributed by atoms with van der Waals surface area (Å²) in [5, 5.41) is 9.60. The first-order valence-electron chi connectivity index (χ1n) is 7.06. The van der Waals surface area contributed by atoms with E-state index < -0.39 is 0 Å². The molecule has 1 fully saturated rings. The number of rotatable bonds is 5. The van der Waals surface area contributed by atoms with Gasteiger partial charge >= 0.3 is 0 Å². The molecule has 0 aliphatic carbocycles. The fourth-order valence-corrected chi connectivity index (χ4v) is 5.47. The molecule has 5 heteroatoms. The zero-order chi connectivity index (χ0) is 13.8. The normalized spacial score (nSPS) is 25.7. The van der Waals surface area contributed by atoms with Gasteiger partial charge in [-0.3, -0.25) is 4.68 Å². The number of hydrogen-bond acceptors (Lipinski definition) is 4. The molecular weight excluding hydrogens is 274 g/mol. The molecule has 0 bridgehead atoms. The predicted octanol–water partition coefficient (Wildman–Crippen LogP) is 2.83. The fraction of sp³-hybridized carbons (Fsp3) is 0.786. The van der Waals surface area contributed by atoms with Gasteiger partial charge in [-0.1, -0.05) is 6.92 Å². The van der Waals surface area contributed by atoms with Crippen LogP contribution < -0.4 is 5.32 Å². The Balaban J connectivity index is 2.01. The predicted molar refractivity (Wildman–Crippen MR) is 87.3 cm³/mol. The van der Waals surface area contributed by atoms with Crippen LogP contribution in [0.3, 0.4) is 0 Å². The molecule has 3 atom stereocenters. The van der Waals surface area contributed by atoms with Crippen molar-refractivity contribution in [3.05, 3.63) is 18.0 Å². The average molecular weight is 300 g/mol. The highest BCUT2D eigenvalue weighted by molar-refractivity contribution is 8.07. The lowest BCUT2D eigenvalue weighted by Gasteiger charge is -2.34. The van der Waals surface area contributed by atoms with E-state index in [1.165, 1.54) is 17.2 Å². The van der Waals surface area contributed by atoms with Crippen molar-refractivity contribution in [2.45, 2.75) is 49.8 Å². The molecule has 3 unspecified atom stereocenters. The van der Waals surface area contributed by atoms with Crippen molar-refractivity contribution in [3.63, 3.8) is 0 Å². The first-order valence-corrected chi connectivity index (χ1v) is 9.16. The molecule has 2 heterocycles. The molecule has 3 nitrogen and oxygen atoms in total. The number of likely N-dealkylation sites (N-methyl/N-ethyl adjacent to an activating group) is 1. The van der Waals surface area contributed by atoms with Crippen LogP contribution in [0.1, 0.15) is 32.5 Å². The van der Waals surface area contributed by atoms with Gasteiger partial charge in [0.25, 0.3) is 0 Å². The van der Waals surface area contributed by atoms with Crippen molar-refractivity contribution in [1.29, 1.82) is 0 Å². The van der Waals surface area contributed by atoms with Crippen LogP contribution in [-0.2, 0) is 6.42 Å². The summed E-state index contributed by atoms with van der Waals surface area (Å²) in [5.41, 5.74) is 1.21. The van der Waals surface area contributed by atoms with Crippen LogP contribution in [0.5, 0.6) is 0 Å². The molecule has 0 saturated carbocycles. The second-order valence-electron chi connectivity index (χ2n) is 5.39. The highest BCUT2D eigenvalue weighted by Gasteiger charge is 2.29. The van der Waals surface area contributed by atoms with Crippen LogP contribution in [0.4, 0.5) is 0 Å². The molecule has 1 aliphatic rings. The zero-order valence-electron chi connectivity index (χ0n) is 12.3. The summed E-state index contributed by atoms with van der Waals surface area (Å²) in [6.45, 7) is 6.70. The number of aromatic nitrogens is 2. The van der Waals surface area contributed by atoms with E-state index >= 15 is 0 Å². The van der Waals surface area contributed by atoms with Gasteiger partial charge in [0.1, 0.15) is 0 Å². The van der Waals surface area contributed by atoms with Gasteiger partial charge in [-0.25, -0.2) is 0 Å². The van der Waals surface area contributed by atoms with E-state index in [0.717, 1.165) is 11.7 Å².